The van der Waals surface area contributed by atoms with Gasteiger partial charge in [0, 0.05) is 13.1 Å². The van der Waals surface area contributed by atoms with Gasteiger partial charge in [0.1, 0.15) is 5.54 Å². The largest absolute Gasteiger partial charge is 0.480 e. The summed E-state index contributed by atoms with van der Waals surface area (Å²) in [6.07, 6.45) is 9.20. The fourth-order valence-corrected chi connectivity index (χ4v) is 4.10. The van der Waals surface area contributed by atoms with E-state index in [-0.39, 0.29) is 11.9 Å². The van der Waals surface area contributed by atoms with Gasteiger partial charge in [0.25, 0.3) is 0 Å². The smallest absolute Gasteiger partial charge is 0.329 e. The number of nitrogens with zero attached hydrogens (tertiary/aromatic N) is 1. The molecule has 1 atom stereocenters. The molecule has 0 bridgehead atoms. The van der Waals surface area contributed by atoms with E-state index in [1.165, 1.54) is 25.7 Å². The number of amides is 2. The number of nitrogens with one attached hydrogen (secondary N) is 1. The molecule has 1 heterocycles. The molecule has 3 rings (SSSR count). The Hall–Kier alpha value is -1.26. The molecule has 21 heavy (non-hydrogen) atoms. The third-order valence-corrected chi connectivity index (χ3v) is 5.98. The van der Waals surface area contributed by atoms with Gasteiger partial charge in [0.05, 0.1) is 0 Å². The standard InChI is InChI=1S/C16H26N2O3/c1-15(13(19)20,12-4-5-12)17-14(21)18-10-8-16(9-11-18)6-2-3-7-16/h12H,2-11H2,1H3,(H,17,21)(H,19,20). The van der Waals surface area contributed by atoms with Gasteiger partial charge in [0.2, 0.25) is 0 Å². The molecule has 2 N–H and O–H groups in total. The maximum absolute atomic E-state index is 12.4. The van der Waals surface area contributed by atoms with Gasteiger partial charge in [-0.15, -0.1) is 0 Å². The average Bonchev–Trinajstić information content (AvgIpc) is 3.22. The first kappa shape index (κ1) is 14.7. The highest BCUT2D eigenvalue weighted by Gasteiger charge is 2.49. The van der Waals surface area contributed by atoms with Gasteiger partial charge in [-0.05, 0) is 56.8 Å². The molecule has 5 nitrogen and oxygen atoms in total. The molecule has 0 aromatic heterocycles. The van der Waals surface area contributed by atoms with Crippen LogP contribution in [0.1, 0.15) is 58.3 Å². The summed E-state index contributed by atoms with van der Waals surface area (Å²) in [6.45, 7) is 3.19. The Morgan fingerprint density at radius 1 is 1.14 bits per heavy atom. The Kier molecular flexibility index (Phi) is 3.62. The number of urea groups is 1. The van der Waals surface area contributed by atoms with Crippen molar-refractivity contribution in [1.29, 1.82) is 0 Å². The maximum atomic E-state index is 12.4. The molecule has 2 amide bonds. The first-order valence-electron chi connectivity index (χ1n) is 8.26. The van der Waals surface area contributed by atoms with Crippen LogP contribution in [0.4, 0.5) is 4.79 Å². The van der Waals surface area contributed by atoms with Crippen LogP contribution in [-0.2, 0) is 4.79 Å². The van der Waals surface area contributed by atoms with Crippen LogP contribution in [0.5, 0.6) is 0 Å². The van der Waals surface area contributed by atoms with Gasteiger partial charge in [-0.25, -0.2) is 9.59 Å². The van der Waals surface area contributed by atoms with Crippen LogP contribution >= 0.6 is 0 Å². The lowest BCUT2D eigenvalue weighted by Gasteiger charge is -2.40. The predicted octanol–water partition coefficient (Wildman–Crippen LogP) is 2.61. The predicted molar refractivity (Wildman–Crippen MR) is 79.0 cm³/mol. The van der Waals surface area contributed by atoms with E-state index in [4.69, 9.17) is 0 Å². The number of piperidine rings is 1. The zero-order valence-electron chi connectivity index (χ0n) is 12.9. The van der Waals surface area contributed by atoms with Crippen LogP contribution in [0, 0.1) is 11.3 Å². The highest BCUT2D eigenvalue weighted by Crippen LogP contribution is 2.46. The van der Waals surface area contributed by atoms with Gasteiger partial charge in [-0.2, -0.15) is 0 Å². The van der Waals surface area contributed by atoms with Crippen LogP contribution in [0.15, 0.2) is 0 Å². The van der Waals surface area contributed by atoms with Crippen molar-refractivity contribution in [2.45, 2.75) is 63.8 Å². The molecule has 1 aliphatic heterocycles. The number of rotatable bonds is 3. The zero-order chi connectivity index (χ0) is 15.1. The second kappa shape index (κ2) is 5.18. The van der Waals surface area contributed by atoms with Crippen molar-refractivity contribution in [3.63, 3.8) is 0 Å². The molecule has 0 aromatic carbocycles. The molecule has 118 valence electrons. The Morgan fingerprint density at radius 3 is 2.19 bits per heavy atom. The lowest BCUT2D eigenvalue weighted by Crippen LogP contribution is -2.58. The zero-order valence-corrected chi connectivity index (χ0v) is 12.9. The van der Waals surface area contributed by atoms with Gasteiger partial charge in [-0.1, -0.05) is 12.8 Å². The van der Waals surface area contributed by atoms with Crippen molar-refractivity contribution >= 4 is 12.0 Å². The fraction of sp³-hybridized carbons (Fsp3) is 0.875. The van der Waals surface area contributed by atoms with Gasteiger partial charge < -0.3 is 15.3 Å². The molecule has 1 unspecified atom stereocenters. The van der Waals surface area contributed by atoms with Gasteiger partial charge >= 0.3 is 12.0 Å². The summed E-state index contributed by atoms with van der Waals surface area (Å²) < 4.78 is 0. The number of carbonyl (C=O) groups excluding carboxylic acids is 1. The topological polar surface area (TPSA) is 69.6 Å². The Bertz CT molecular complexity index is 431. The monoisotopic (exact) mass is 294 g/mol. The Morgan fingerprint density at radius 2 is 1.71 bits per heavy atom. The fourth-order valence-electron chi connectivity index (χ4n) is 4.10. The third-order valence-electron chi connectivity index (χ3n) is 5.98. The molecule has 1 saturated heterocycles. The molecule has 2 saturated carbocycles. The molecule has 0 radical (unpaired) electrons. The van der Waals surface area contributed by atoms with Crippen LogP contribution in [0.25, 0.3) is 0 Å². The molecule has 5 heteroatoms. The summed E-state index contributed by atoms with van der Waals surface area (Å²) in [4.78, 5) is 25.7. The van der Waals surface area contributed by atoms with Crippen LogP contribution in [0.2, 0.25) is 0 Å². The van der Waals surface area contributed by atoms with E-state index >= 15 is 0 Å². The number of hydrogen-bond donors (Lipinski definition) is 2. The summed E-state index contributed by atoms with van der Waals surface area (Å²) in [5.74, 6) is -0.826. The van der Waals surface area contributed by atoms with Crippen LogP contribution in [-0.4, -0.2) is 40.6 Å². The van der Waals surface area contributed by atoms with E-state index in [1.54, 1.807) is 6.92 Å². The van der Waals surface area contributed by atoms with E-state index in [0.29, 0.717) is 5.41 Å². The number of likely N-dealkylation sites (tertiary alicyclic amines) is 1. The molecule has 1 spiro atoms. The normalized spacial score (nSPS) is 27.4. The number of carboxylic acid groups (broad SMARTS) is 1. The second-order valence-corrected chi connectivity index (χ2v) is 7.41. The molecular weight excluding hydrogens is 268 g/mol. The SMILES string of the molecule is CC(NC(=O)N1CCC2(CCCC2)CC1)(C(=O)O)C1CC1. The van der Waals surface area contributed by atoms with Crippen molar-refractivity contribution in [2.24, 2.45) is 11.3 Å². The van der Waals surface area contributed by atoms with Gasteiger partial charge in [0.15, 0.2) is 0 Å². The van der Waals surface area contributed by atoms with Crippen LogP contribution in [0.3, 0.4) is 0 Å². The Labute approximate surface area is 126 Å². The number of aliphatic carboxylic acids is 1. The van der Waals surface area contributed by atoms with E-state index in [2.05, 4.69) is 5.32 Å². The molecule has 0 aromatic rings. The molecular formula is C16H26N2O3. The van der Waals surface area contributed by atoms with E-state index in [0.717, 1.165) is 38.8 Å². The number of hydrogen-bond acceptors (Lipinski definition) is 2. The summed E-state index contributed by atoms with van der Waals surface area (Å²) in [6, 6.07) is -0.195. The van der Waals surface area contributed by atoms with E-state index in [1.807, 2.05) is 4.90 Å². The molecule has 3 aliphatic rings. The third kappa shape index (κ3) is 2.74. The number of carboxylic acids is 1. The summed E-state index contributed by atoms with van der Waals surface area (Å²) >= 11 is 0. The highest BCUT2D eigenvalue weighted by atomic mass is 16.4. The first-order valence-corrected chi connectivity index (χ1v) is 8.26. The van der Waals surface area contributed by atoms with Crippen molar-refractivity contribution in [2.75, 3.05) is 13.1 Å². The van der Waals surface area contributed by atoms with Crippen molar-refractivity contribution < 1.29 is 14.7 Å². The summed E-state index contributed by atoms with van der Waals surface area (Å²) in [5.41, 5.74) is -0.622. The lowest BCUT2D eigenvalue weighted by atomic mass is 9.77. The van der Waals surface area contributed by atoms with Crippen molar-refractivity contribution in [3.05, 3.63) is 0 Å². The minimum Gasteiger partial charge on any atom is -0.480 e. The van der Waals surface area contributed by atoms with Crippen molar-refractivity contribution in [3.8, 4) is 0 Å². The average molecular weight is 294 g/mol. The molecule has 2 aliphatic carbocycles. The van der Waals surface area contributed by atoms with Gasteiger partial charge in [-0.3, -0.25) is 0 Å². The summed E-state index contributed by atoms with van der Waals surface area (Å²) in [7, 11) is 0. The quantitative estimate of drug-likeness (QED) is 0.840. The Balaban J connectivity index is 1.57. The lowest BCUT2D eigenvalue weighted by molar-refractivity contribution is -0.144. The second-order valence-electron chi connectivity index (χ2n) is 7.41. The van der Waals surface area contributed by atoms with Crippen molar-refractivity contribution in [1.82, 2.24) is 10.2 Å². The minimum atomic E-state index is -1.10. The van der Waals surface area contributed by atoms with E-state index in [9.17, 15) is 14.7 Å². The summed E-state index contributed by atoms with van der Waals surface area (Å²) in [5, 5.41) is 12.2. The first-order chi connectivity index (χ1) is 9.95. The van der Waals surface area contributed by atoms with Crippen LogP contribution < -0.4 is 5.32 Å². The number of carbonyl (C=O) groups is 2. The maximum Gasteiger partial charge on any atom is 0.329 e. The van der Waals surface area contributed by atoms with E-state index < -0.39 is 11.5 Å². The molecule has 3 fully saturated rings. The highest BCUT2D eigenvalue weighted by molar-refractivity contribution is 5.86. The minimum absolute atomic E-state index is 0.0879.